The van der Waals surface area contributed by atoms with Crippen LogP contribution < -0.4 is 21.3 Å². The molecule has 0 bridgehead atoms. The third-order valence-corrected chi connectivity index (χ3v) is 6.72. The van der Waals surface area contributed by atoms with E-state index in [9.17, 15) is 9.59 Å². The number of hydrogen-bond acceptors (Lipinski definition) is 5. The van der Waals surface area contributed by atoms with Crippen LogP contribution in [0.25, 0.3) is 0 Å². The monoisotopic (exact) mass is 463 g/mol. The third-order valence-electron chi connectivity index (χ3n) is 5.73. The number of carbonyl (C=O) groups is 2. The first kappa shape index (κ1) is 22.8. The maximum absolute atomic E-state index is 12.6. The van der Waals surface area contributed by atoms with Crippen LogP contribution in [0.2, 0.25) is 0 Å². The van der Waals surface area contributed by atoms with Crippen molar-refractivity contribution in [2.45, 2.75) is 19.0 Å². The number of nitrogens with two attached hydrogens (primary N) is 1. The number of thiophene rings is 1. The van der Waals surface area contributed by atoms with Crippen LogP contribution in [0, 0.1) is 0 Å². The molecule has 0 aliphatic carbocycles. The average molecular weight is 464 g/mol. The van der Waals surface area contributed by atoms with E-state index in [2.05, 4.69) is 44.7 Å². The fourth-order valence-electron chi connectivity index (χ4n) is 4.04. The van der Waals surface area contributed by atoms with Gasteiger partial charge in [0.2, 0.25) is 5.91 Å². The van der Waals surface area contributed by atoms with E-state index in [0.29, 0.717) is 0 Å². The first-order chi connectivity index (χ1) is 16.1. The highest BCUT2D eigenvalue weighted by Gasteiger charge is 2.19. The fourth-order valence-corrected chi connectivity index (χ4v) is 4.82. The number of anilines is 2. The molecular formula is C25H29N5O2S. The number of carbonyl (C=O) groups excluding carboxylic acids is 2. The highest BCUT2D eigenvalue weighted by molar-refractivity contribution is 7.10. The minimum atomic E-state index is -0.644. The van der Waals surface area contributed by atoms with E-state index < -0.39 is 12.1 Å². The quantitative estimate of drug-likeness (QED) is 0.474. The van der Waals surface area contributed by atoms with Gasteiger partial charge in [0.05, 0.1) is 12.5 Å². The number of hydrogen-bond donors (Lipinski definition) is 3. The molecule has 1 unspecified atom stereocenters. The Balaban J connectivity index is 1.27. The average Bonchev–Trinajstić information content (AvgIpc) is 3.35. The lowest BCUT2D eigenvalue weighted by Gasteiger charge is -2.36. The van der Waals surface area contributed by atoms with Crippen LogP contribution >= 0.6 is 11.3 Å². The van der Waals surface area contributed by atoms with Gasteiger partial charge in [-0.2, -0.15) is 0 Å². The van der Waals surface area contributed by atoms with Crippen molar-refractivity contribution in [3.63, 3.8) is 0 Å². The second-order valence-electron chi connectivity index (χ2n) is 8.12. The molecule has 172 valence electrons. The molecule has 2 heterocycles. The molecule has 1 fully saturated rings. The summed E-state index contributed by atoms with van der Waals surface area (Å²) in [7, 11) is 0. The normalized spacial score (nSPS) is 15.1. The van der Waals surface area contributed by atoms with Gasteiger partial charge in [-0.1, -0.05) is 36.4 Å². The van der Waals surface area contributed by atoms with E-state index in [1.54, 1.807) is 0 Å². The zero-order valence-electron chi connectivity index (χ0n) is 18.4. The van der Waals surface area contributed by atoms with Crippen LogP contribution in [-0.2, 0) is 11.3 Å². The van der Waals surface area contributed by atoms with Crippen molar-refractivity contribution in [2.24, 2.45) is 5.73 Å². The van der Waals surface area contributed by atoms with Crippen LogP contribution in [0.3, 0.4) is 0 Å². The Labute approximate surface area is 198 Å². The Hall–Kier alpha value is -3.36. The molecule has 3 aromatic rings. The minimum Gasteiger partial charge on any atom is -0.369 e. The lowest BCUT2D eigenvalue weighted by atomic mass is 10.1. The number of amides is 3. The van der Waals surface area contributed by atoms with Gasteiger partial charge in [0.15, 0.2) is 0 Å². The molecule has 8 heteroatoms. The Bertz CT molecular complexity index is 1030. The zero-order valence-corrected chi connectivity index (χ0v) is 19.3. The smallest absolute Gasteiger partial charge is 0.312 e. The number of nitrogens with zero attached hydrogens (tertiary/aromatic N) is 2. The molecule has 4 rings (SSSR count). The first-order valence-corrected chi connectivity index (χ1v) is 12.0. The third kappa shape index (κ3) is 6.57. The summed E-state index contributed by atoms with van der Waals surface area (Å²) in [6.07, 6.45) is 0.120. The van der Waals surface area contributed by atoms with E-state index in [4.69, 9.17) is 5.73 Å². The molecule has 1 atom stereocenters. The Kier molecular flexibility index (Phi) is 7.59. The van der Waals surface area contributed by atoms with E-state index >= 15 is 0 Å². The van der Waals surface area contributed by atoms with Gasteiger partial charge in [-0.05, 0) is 41.3 Å². The molecule has 1 aliphatic rings. The second-order valence-corrected chi connectivity index (χ2v) is 9.10. The first-order valence-electron chi connectivity index (χ1n) is 11.1. The fraction of sp³-hybridized carbons (Fsp3) is 0.280. The van der Waals surface area contributed by atoms with Crippen LogP contribution in [-0.4, -0.2) is 43.0 Å². The van der Waals surface area contributed by atoms with Gasteiger partial charge in [0.1, 0.15) is 0 Å². The van der Waals surface area contributed by atoms with Crippen molar-refractivity contribution in [1.29, 1.82) is 0 Å². The molecule has 33 heavy (non-hydrogen) atoms. The van der Waals surface area contributed by atoms with E-state index in [1.807, 2.05) is 47.8 Å². The molecule has 7 nitrogen and oxygen atoms in total. The van der Waals surface area contributed by atoms with Gasteiger partial charge in [0.25, 0.3) is 0 Å². The minimum absolute atomic E-state index is 0.120. The number of rotatable bonds is 8. The molecule has 3 amide bonds. The van der Waals surface area contributed by atoms with Crippen LogP contribution in [0.4, 0.5) is 16.2 Å². The molecular weight excluding hydrogens is 434 g/mol. The van der Waals surface area contributed by atoms with Gasteiger partial charge < -0.3 is 21.3 Å². The summed E-state index contributed by atoms with van der Waals surface area (Å²) < 4.78 is 0. The topological polar surface area (TPSA) is 90.7 Å². The van der Waals surface area contributed by atoms with Crippen molar-refractivity contribution in [3.8, 4) is 0 Å². The molecule has 0 saturated carbocycles. The molecule has 0 radical (unpaired) electrons. The summed E-state index contributed by atoms with van der Waals surface area (Å²) in [5.41, 5.74) is 8.51. The predicted molar refractivity (Wildman–Crippen MR) is 133 cm³/mol. The molecule has 1 aromatic heterocycles. The summed E-state index contributed by atoms with van der Waals surface area (Å²) in [6.45, 7) is 4.96. The Morgan fingerprint density at radius 2 is 1.67 bits per heavy atom. The lowest BCUT2D eigenvalue weighted by Crippen LogP contribution is -2.45. The van der Waals surface area contributed by atoms with Crippen LogP contribution in [0.15, 0.2) is 72.1 Å². The van der Waals surface area contributed by atoms with E-state index in [0.717, 1.165) is 49.0 Å². The van der Waals surface area contributed by atoms with Crippen molar-refractivity contribution in [2.75, 3.05) is 36.4 Å². The number of nitrogens with one attached hydrogen (secondary N) is 2. The number of benzene rings is 2. The highest BCUT2D eigenvalue weighted by Crippen LogP contribution is 2.24. The number of piperazine rings is 1. The van der Waals surface area contributed by atoms with Crippen molar-refractivity contribution in [3.05, 3.63) is 82.6 Å². The maximum atomic E-state index is 12.6. The van der Waals surface area contributed by atoms with Crippen molar-refractivity contribution >= 4 is 34.6 Å². The van der Waals surface area contributed by atoms with Gasteiger partial charge in [-0.3, -0.25) is 9.69 Å². The summed E-state index contributed by atoms with van der Waals surface area (Å²) in [5, 5.41) is 7.47. The predicted octanol–water partition coefficient (Wildman–Crippen LogP) is 3.81. The SMILES string of the molecule is NC(=O)NC(CC(=O)Nc1ccc(N2CCN(Cc3ccccc3)CC2)cc1)c1cccs1. The van der Waals surface area contributed by atoms with E-state index in [-0.39, 0.29) is 12.3 Å². The Morgan fingerprint density at radius 3 is 2.30 bits per heavy atom. The van der Waals surface area contributed by atoms with Gasteiger partial charge in [-0.25, -0.2) is 4.79 Å². The van der Waals surface area contributed by atoms with Crippen molar-refractivity contribution in [1.82, 2.24) is 10.2 Å². The molecule has 1 aliphatic heterocycles. The van der Waals surface area contributed by atoms with Crippen molar-refractivity contribution < 1.29 is 9.59 Å². The molecule has 2 aromatic carbocycles. The maximum Gasteiger partial charge on any atom is 0.312 e. The summed E-state index contributed by atoms with van der Waals surface area (Å²) in [5.74, 6) is -0.176. The molecule has 1 saturated heterocycles. The summed E-state index contributed by atoms with van der Waals surface area (Å²) in [4.78, 5) is 29.6. The molecule has 4 N–H and O–H groups in total. The zero-order chi connectivity index (χ0) is 23.0. The summed E-state index contributed by atoms with van der Waals surface area (Å²) >= 11 is 1.48. The largest absolute Gasteiger partial charge is 0.369 e. The number of urea groups is 1. The standard InChI is InChI=1S/C25H29N5O2S/c26-25(32)28-22(23-7-4-16-33-23)17-24(31)27-20-8-10-21(11-9-20)30-14-12-29(13-15-30)18-19-5-2-1-3-6-19/h1-11,16,22H,12-15,17-18H2,(H,27,31)(H3,26,28,32). The lowest BCUT2D eigenvalue weighted by molar-refractivity contribution is -0.116. The summed E-state index contributed by atoms with van der Waals surface area (Å²) in [6, 6.07) is 21.2. The molecule has 0 spiro atoms. The van der Waals surface area contributed by atoms with Gasteiger partial charge in [0, 0.05) is 49.0 Å². The van der Waals surface area contributed by atoms with Crippen LogP contribution in [0.5, 0.6) is 0 Å². The highest BCUT2D eigenvalue weighted by atomic mass is 32.1. The Morgan fingerprint density at radius 1 is 0.939 bits per heavy atom. The van der Waals surface area contributed by atoms with Crippen LogP contribution in [0.1, 0.15) is 22.9 Å². The van der Waals surface area contributed by atoms with E-state index in [1.165, 1.54) is 16.9 Å². The second kappa shape index (κ2) is 11.0. The van der Waals surface area contributed by atoms with Gasteiger partial charge >= 0.3 is 6.03 Å². The van der Waals surface area contributed by atoms with Gasteiger partial charge in [-0.15, -0.1) is 11.3 Å². The number of primary amides is 1.